The standard InChI is InChI=1S/C27H28FNO4/c1-27(2,3)33-26(31)29-24(25(30)32-18-20-7-5-4-6-8-20)17-19-9-11-21(12-10-19)22-13-15-23(28)16-14-22/h4-16,24H,17-18H2,1-3H3,(H,29,31)/t24-/m0/s1. The average Bonchev–Trinajstić information content (AvgIpc) is 2.77. The zero-order valence-corrected chi connectivity index (χ0v) is 19.0. The van der Waals surface area contributed by atoms with E-state index in [1.807, 2.05) is 54.6 Å². The first-order valence-electron chi connectivity index (χ1n) is 10.7. The molecule has 5 nitrogen and oxygen atoms in total. The number of rotatable bonds is 7. The molecular weight excluding hydrogens is 421 g/mol. The van der Waals surface area contributed by atoms with Gasteiger partial charge in [0.25, 0.3) is 0 Å². The Hall–Kier alpha value is -3.67. The van der Waals surface area contributed by atoms with Crippen LogP contribution in [0.3, 0.4) is 0 Å². The number of ether oxygens (including phenoxy) is 2. The second kappa shape index (κ2) is 10.8. The molecule has 33 heavy (non-hydrogen) atoms. The van der Waals surface area contributed by atoms with Crippen LogP contribution in [0.25, 0.3) is 11.1 Å². The van der Waals surface area contributed by atoms with Crippen molar-refractivity contribution >= 4 is 12.1 Å². The van der Waals surface area contributed by atoms with Crippen LogP contribution in [-0.2, 0) is 27.3 Å². The minimum Gasteiger partial charge on any atom is -0.459 e. The van der Waals surface area contributed by atoms with Crippen molar-refractivity contribution in [2.24, 2.45) is 0 Å². The topological polar surface area (TPSA) is 64.6 Å². The molecule has 172 valence electrons. The summed E-state index contributed by atoms with van der Waals surface area (Å²) in [6, 6.07) is 22.2. The summed E-state index contributed by atoms with van der Waals surface area (Å²) in [4.78, 5) is 25.1. The Morgan fingerprint density at radius 3 is 2.00 bits per heavy atom. The molecule has 0 aliphatic heterocycles. The van der Waals surface area contributed by atoms with Gasteiger partial charge in [0.1, 0.15) is 24.1 Å². The van der Waals surface area contributed by atoms with Crippen LogP contribution >= 0.6 is 0 Å². The fourth-order valence-corrected chi connectivity index (χ4v) is 3.18. The van der Waals surface area contributed by atoms with Gasteiger partial charge in [0.05, 0.1) is 0 Å². The van der Waals surface area contributed by atoms with E-state index in [0.717, 1.165) is 22.3 Å². The molecule has 0 saturated heterocycles. The molecule has 6 heteroatoms. The van der Waals surface area contributed by atoms with Crippen LogP contribution in [0.4, 0.5) is 9.18 Å². The van der Waals surface area contributed by atoms with Gasteiger partial charge >= 0.3 is 12.1 Å². The lowest BCUT2D eigenvalue weighted by Crippen LogP contribution is -2.45. The Bertz CT molecular complexity index is 1060. The number of carbonyl (C=O) groups excluding carboxylic acids is 2. The van der Waals surface area contributed by atoms with Crippen LogP contribution in [0.15, 0.2) is 78.9 Å². The first-order chi connectivity index (χ1) is 15.7. The van der Waals surface area contributed by atoms with Crippen LogP contribution < -0.4 is 5.32 Å². The summed E-state index contributed by atoms with van der Waals surface area (Å²) >= 11 is 0. The van der Waals surface area contributed by atoms with Gasteiger partial charge < -0.3 is 14.8 Å². The van der Waals surface area contributed by atoms with E-state index in [2.05, 4.69) is 5.32 Å². The third-order valence-corrected chi connectivity index (χ3v) is 4.77. The van der Waals surface area contributed by atoms with Crippen molar-refractivity contribution in [3.05, 3.63) is 95.8 Å². The quantitative estimate of drug-likeness (QED) is 0.472. The van der Waals surface area contributed by atoms with Gasteiger partial charge in [-0.3, -0.25) is 0 Å². The molecule has 0 aliphatic rings. The number of hydrogen-bond acceptors (Lipinski definition) is 4. The highest BCUT2D eigenvalue weighted by Crippen LogP contribution is 2.21. The number of alkyl carbamates (subject to hydrolysis) is 1. The molecule has 0 unspecified atom stereocenters. The molecule has 0 fully saturated rings. The van der Waals surface area contributed by atoms with Gasteiger partial charge in [-0.1, -0.05) is 66.7 Å². The summed E-state index contributed by atoms with van der Waals surface area (Å²) in [6.07, 6.45) is -0.455. The number of carbonyl (C=O) groups is 2. The Balaban J connectivity index is 1.71. The Morgan fingerprint density at radius 1 is 0.848 bits per heavy atom. The zero-order chi connectivity index (χ0) is 23.8. The van der Waals surface area contributed by atoms with E-state index in [9.17, 15) is 14.0 Å². The highest BCUT2D eigenvalue weighted by Gasteiger charge is 2.26. The minimum absolute atomic E-state index is 0.107. The van der Waals surface area contributed by atoms with Gasteiger partial charge in [-0.05, 0) is 55.2 Å². The maximum absolute atomic E-state index is 13.2. The van der Waals surface area contributed by atoms with Gasteiger partial charge in [-0.25, -0.2) is 14.0 Å². The number of halogens is 1. The van der Waals surface area contributed by atoms with Crippen LogP contribution in [0.2, 0.25) is 0 Å². The lowest BCUT2D eigenvalue weighted by atomic mass is 10.0. The Morgan fingerprint density at radius 2 is 1.42 bits per heavy atom. The largest absolute Gasteiger partial charge is 0.459 e. The molecule has 3 rings (SSSR count). The minimum atomic E-state index is -0.916. The Kier molecular flexibility index (Phi) is 7.83. The second-order valence-corrected chi connectivity index (χ2v) is 8.70. The van der Waals surface area contributed by atoms with Crippen molar-refractivity contribution in [1.29, 1.82) is 0 Å². The van der Waals surface area contributed by atoms with Crippen molar-refractivity contribution < 1.29 is 23.5 Å². The van der Waals surface area contributed by atoms with E-state index in [-0.39, 0.29) is 18.8 Å². The average molecular weight is 450 g/mol. The van der Waals surface area contributed by atoms with E-state index >= 15 is 0 Å². The molecule has 3 aromatic carbocycles. The summed E-state index contributed by atoms with van der Waals surface area (Å²) in [6.45, 7) is 5.37. The predicted octanol–water partition coefficient (Wildman–Crippen LogP) is 5.67. The van der Waals surface area contributed by atoms with Crippen LogP contribution in [0.1, 0.15) is 31.9 Å². The van der Waals surface area contributed by atoms with Gasteiger partial charge in [-0.15, -0.1) is 0 Å². The van der Waals surface area contributed by atoms with Crippen LogP contribution in [0, 0.1) is 5.82 Å². The number of esters is 1. The van der Waals surface area contributed by atoms with Gasteiger partial charge in [0.2, 0.25) is 0 Å². The lowest BCUT2D eigenvalue weighted by Gasteiger charge is -2.23. The van der Waals surface area contributed by atoms with E-state index in [4.69, 9.17) is 9.47 Å². The molecular formula is C27H28FNO4. The SMILES string of the molecule is CC(C)(C)OC(=O)N[C@@H](Cc1ccc(-c2ccc(F)cc2)cc1)C(=O)OCc1ccccc1. The van der Waals surface area contributed by atoms with E-state index in [1.165, 1.54) is 12.1 Å². The zero-order valence-electron chi connectivity index (χ0n) is 19.0. The molecule has 3 aromatic rings. The van der Waals surface area contributed by atoms with Crippen molar-refractivity contribution in [3.8, 4) is 11.1 Å². The molecule has 0 aliphatic carbocycles. The number of nitrogens with one attached hydrogen (secondary N) is 1. The van der Waals surface area contributed by atoms with Crippen molar-refractivity contribution in [2.45, 2.75) is 45.4 Å². The van der Waals surface area contributed by atoms with Gasteiger partial charge in [0, 0.05) is 6.42 Å². The van der Waals surface area contributed by atoms with E-state index in [0.29, 0.717) is 0 Å². The summed E-state index contributed by atoms with van der Waals surface area (Å²) in [5.41, 5.74) is 2.79. The molecule has 1 atom stereocenters. The molecule has 0 bridgehead atoms. The van der Waals surface area contributed by atoms with Crippen molar-refractivity contribution in [2.75, 3.05) is 0 Å². The summed E-state index contributed by atoms with van der Waals surface area (Å²) < 4.78 is 23.9. The maximum atomic E-state index is 13.2. The number of amides is 1. The van der Waals surface area contributed by atoms with Crippen LogP contribution in [0.5, 0.6) is 0 Å². The third kappa shape index (κ3) is 7.75. The highest BCUT2D eigenvalue weighted by atomic mass is 19.1. The van der Waals surface area contributed by atoms with Crippen LogP contribution in [-0.4, -0.2) is 23.7 Å². The maximum Gasteiger partial charge on any atom is 0.408 e. The smallest absolute Gasteiger partial charge is 0.408 e. The molecule has 0 radical (unpaired) electrons. The summed E-state index contributed by atoms with van der Waals surface area (Å²) in [5, 5.41) is 2.63. The molecule has 0 aromatic heterocycles. The number of hydrogen-bond donors (Lipinski definition) is 1. The predicted molar refractivity (Wildman–Crippen MR) is 125 cm³/mol. The second-order valence-electron chi connectivity index (χ2n) is 8.70. The Labute approximate surface area is 193 Å². The number of benzene rings is 3. The fourth-order valence-electron chi connectivity index (χ4n) is 3.18. The molecule has 1 N–H and O–H groups in total. The molecule has 0 spiro atoms. The lowest BCUT2D eigenvalue weighted by molar-refractivity contribution is -0.147. The molecule has 1 amide bonds. The highest BCUT2D eigenvalue weighted by molar-refractivity contribution is 5.82. The van der Waals surface area contributed by atoms with Gasteiger partial charge in [-0.2, -0.15) is 0 Å². The fraction of sp³-hybridized carbons (Fsp3) is 0.259. The third-order valence-electron chi connectivity index (χ3n) is 4.77. The van der Waals surface area contributed by atoms with Crippen molar-refractivity contribution in [3.63, 3.8) is 0 Å². The first-order valence-corrected chi connectivity index (χ1v) is 10.7. The summed E-state index contributed by atoms with van der Waals surface area (Å²) in [5.74, 6) is -0.840. The normalized spacial score (nSPS) is 12.0. The van der Waals surface area contributed by atoms with E-state index in [1.54, 1.807) is 32.9 Å². The first kappa shape index (κ1) is 24.0. The van der Waals surface area contributed by atoms with E-state index < -0.39 is 23.7 Å². The molecule has 0 heterocycles. The van der Waals surface area contributed by atoms with Crippen molar-refractivity contribution in [1.82, 2.24) is 5.32 Å². The molecule has 0 saturated carbocycles. The monoisotopic (exact) mass is 449 g/mol. The summed E-state index contributed by atoms with van der Waals surface area (Å²) in [7, 11) is 0. The van der Waals surface area contributed by atoms with Gasteiger partial charge in [0.15, 0.2) is 0 Å².